The van der Waals surface area contributed by atoms with Crippen molar-refractivity contribution >= 4 is 11.6 Å². The minimum atomic E-state index is -0.667. The van der Waals surface area contributed by atoms with Gasteiger partial charge in [0.15, 0.2) is 11.5 Å². The number of halogens is 1. The van der Waals surface area contributed by atoms with Gasteiger partial charge in [0.25, 0.3) is 5.91 Å². The van der Waals surface area contributed by atoms with Crippen LogP contribution in [0.1, 0.15) is 38.4 Å². The van der Waals surface area contributed by atoms with E-state index in [0.29, 0.717) is 10.4 Å². The van der Waals surface area contributed by atoms with Crippen molar-refractivity contribution in [2.75, 3.05) is 5.32 Å². The number of benzene rings is 1. The van der Waals surface area contributed by atoms with Gasteiger partial charge < -0.3 is 10.5 Å². The number of hydrogen-bond donors (Lipinski definition) is 1. The number of amides is 1. The van der Waals surface area contributed by atoms with Gasteiger partial charge in [0.2, 0.25) is 5.69 Å². The number of pyridine rings is 1. The van der Waals surface area contributed by atoms with Crippen molar-refractivity contribution in [1.82, 2.24) is 0 Å². The monoisotopic (exact) mass is 328 g/mol. The van der Waals surface area contributed by atoms with Crippen LogP contribution in [0.25, 0.3) is 0 Å². The summed E-state index contributed by atoms with van der Waals surface area (Å²) in [5.74, 6) is -1.30. The fourth-order valence-corrected chi connectivity index (χ4v) is 2.66. The molecule has 4 nitrogen and oxygen atoms in total. The minimum absolute atomic E-state index is 0.0422. The summed E-state index contributed by atoms with van der Waals surface area (Å²) >= 11 is 0. The lowest BCUT2D eigenvalue weighted by molar-refractivity contribution is -0.620. The summed E-state index contributed by atoms with van der Waals surface area (Å²) in [7, 11) is 0. The number of hydrogen-bond acceptors (Lipinski definition) is 2. The van der Waals surface area contributed by atoms with Crippen LogP contribution >= 0.6 is 0 Å². The highest BCUT2D eigenvalue weighted by molar-refractivity contribution is 6.05. The van der Waals surface area contributed by atoms with Crippen LogP contribution in [0.15, 0.2) is 30.9 Å². The van der Waals surface area contributed by atoms with Gasteiger partial charge in [0.05, 0.1) is 5.56 Å². The van der Waals surface area contributed by atoms with E-state index in [1.54, 1.807) is 6.07 Å². The van der Waals surface area contributed by atoms with E-state index in [1.807, 2.05) is 26.0 Å². The Morgan fingerprint density at radius 3 is 2.58 bits per heavy atom. The number of nitrogens with zero attached hydrogens (tertiary/aromatic N) is 1. The zero-order valence-electron chi connectivity index (χ0n) is 14.4. The van der Waals surface area contributed by atoms with Crippen LogP contribution in [0.5, 0.6) is 0 Å². The molecule has 126 valence electrons. The van der Waals surface area contributed by atoms with E-state index in [0.717, 1.165) is 11.1 Å². The molecule has 1 aromatic carbocycles. The normalized spacial score (nSPS) is 10.5. The summed E-state index contributed by atoms with van der Waals surface area (Å²) in [6.45, 7) is 10.4. The molecule has 2 aromatic rings. The maximum Gasteiger partial charge on any atom is 0.265 e. The maximum atomic E-state index is 14.8. The molecular weight excluding hydrogens is 307 g/mol. The summed E-state index contributed by atoms with van der Waals surface area (Å²) in [6.07, 6.45) is 1.69. The molecule has 0 radical (unpaired) electrons. The van der Waals surface area contributed by atoms with E-state index in [4.69, 9.17) is 0 Å². The minimum Gasteiger partial charge on any atom is -0.618 e. The fourth-order valence-electron chi connectivity index (χ4n) is 2.66. The molecule has 0 unspecified atom stereocenters. The Kier molecular flexibility index (Phi) is 5.02. The molecule has 0 aliphatic carbocycles. The van der Waals surface area contributed by atoms with Crippen molar-refractivity contribution in [1.29, 1.82) is 0 Å². The first kappa shape index (κ1) is 17.7. The molecule has 0 bridgehead atoms. The molecule has 0 atom stereocenters. The van der Waals surface area contributed by atoms with E-state index >= 15 is 0 Å². The van der Waals surface area contributed by atoms with Gasteiger partial charge in [0.1, 0.15) is 5.56 Å². The van der Waals surface area contributed by atoms with Gasteiger partial charge in [-0.2, -0.15) is 4.73 Å². The Bertz CT molecular complexity index is 829. The third kappa shape index (κ3) is 3.02. The van der Waals surface area contributed by atoms with E-state index in [9.17, 15) is 14.4 Å². The van der Waals surface area contributed by atoms with Gasteiger partial charge in [0, 0.05) is 19.5 Å². The standard InChI is InChI=1S/C19H21FN2O2/c1-6-8-15-13(4)22(24)14(5)17(18(15)20)19(23)21-16-10-7-9-11(2)12(16)3/h6-7,9-10H,1,8H2,2-5H3,(H,21,23). The lowest BCUT2D eigenvalue weighted by Gasteiger charge is -2.15. The lowest BCUT2D eigenvalue weighted by atomic mass is 10.0. The predicted octanol–water partition coefficient (Wildman–Crippen LogP) is 3.67. The Hall–Kier alpha value is -2.69. The van der Waals surface area contributed by atoms with Crippen LogP contribution < -0.4 is 10.0 Å². The van der Waals surface area contributed by atoms with Gasteiger partial charge in [-0.15, -0.1) is 6.58 Å². The third-order valence-corrected chi connectivity index (χ3v) is 4.32. The molecular formula is C19H21FN2O2. The summed E-state index contributed by atoms with van der Waals surface area (Å²) in [4.78, 5) is 12.6. The van der Waals surface area contributed by atoms with Gasteiger partial charge >= 0.3 is 0 Å². The summed E-state index contributed by atoms with van der Waals surface area (Å²) < 4.78 is 15.4. The molecule has 0 aliphatic rings. The molecule has 1 aromatic heterocycles. The Morgan fingerprint density at radius 1 is 1.29 bits per heavy atom. The molecule has 5 heteroatoms. The highest BCUT2D eigenvalue weighted by atomic mass is 19.1. The van der Waals surface area contributed by atoms with Crippen molar-refractivity contribution < 1.29 is 13.9 Å². The van der Waals surface area contributed by atoms with Crippen molar-refractivity contribution in [2.45, 2.75) is 34.1 Å². The van der Waals surface area contributed by atoms with Crippen molar-refractivity contribution in [3.63, 3.8) is 0 Å². The van der Waals surface area contributed by atoms with Gasteiger partial charge in [-0.25, -0.2) is 4.39 Å². The van der Waals surface area contributed by atoms with Crippen LogP contribution in [-0.4, -0.2) is 5.91 Å². The molecule has 0 spiro atoms. The zero-order valence-corrected chi connectivity index (χ0v) is 14.4. The number of aryl methyl sites for hydroxylation is 1. The van der Waals surface area contributed by atoms with Gasteiger partial charge in [-0.3, -0.25) is 4.79 Å². The number of carbonyl (C=O) groups is 1. The molecule has 2 rings (SSSR count). The molecule has 1 heterocycles. The van der Waals surface area contributed by atoms with Gasteiger partial charge in [-0.05, 0) is 37.5 Å². The second kappa shape index (κ2) is 6.83. The smallest absolute Gasteiger partial charge is 0.265 e. The number of carbonyl (C=O) groups excluding carboxylic acids is 1. The van der Waals surface area contributed by atoms with Crippen molar-refractivity contribution in [3.8, 4) is 0 Å². The summed E-state index contributed by atoms with van der Waals surface area (Å²) in [5, 5.41) is 15.0. The van der Waals surface area contributed by atoms with Crippen LogP contribution in [0.4, 0.5) is 10.1 Å². The fraction of sp³-hybridized carbons (Fsp3) is 0.263. The first-order valence-electron chi connectivity index (χ1n) is 7.69. The Morgan fingerprint density at radius 2 is 1.96 bits per heavy atom. The molecule has 0 fully saturated rings. The maximum absolute atomic E-state index is 14.8. The lowest BCUT2D eigenvalue weighted by Crippen LogP contribution is -2.39. The number of anilines is 1. The Labute approximate surface area is 141 Å². The number of allylic oxidation sites excluding steroid dienone is 1. The predicted molar refractivity (Wildman–Crippen MR) is 92.6 cm³/mol. The molecule has 1 N–H and O–H groups in total. The van der Waals surface area contributed by atoms with E-state index in [2.05, 4.69) is 11.9 Å². The van der Waals surface area contributed by atoms with Crippen LogP contribution in [0.3, 0.4) is 0 Å². The first-order valence-corrected chi connectivity index (χ1v) is 7.69. The second-order valence-electron chi connectivity index (χ2n) is 5.83. The van der Waals surface area contributed by atoms with E-state index < -0.39 is 11.7 Å². The highest BCUT2D eigenvalue weighted by Gasteiger charge is 2.28. The number of rotatable bonds is 4. The molecule has 0 saturated carbocycles. The van der Waals surface area contributed by atoms with Crippen molar-refractivity contribution in [3.05, 3.63) is 75.5 Å². The first-order chi connectivity index (χ1) is 11.3. The van der Waals surface area contributed by atoms with Crippen LogP contribution in [-0.2, 0) is 6.42 Å². The largest absolute Gasteiger partial charge is 0.618 e. The van der Waals surface area contributed by atoms with Crippen LogP contribution in [0, 0.1) is 38.7 Å². The second-order valence-corrected chi connectivity index (χ2v) is 5.83. The highest BCUT2D eigenvalue weighted by Crippen LogP contribution is 2.22. The zero-order chi connectivity index (χ0) is 18.0. The van der Waals surface area contributed by atoms with E-state index in [-0.39, 0.29) is 28.9 Å². The molecule has 0 aliphatic heterocycles. The number of aromatic nitrogens is 1. The summed E-state index contributed by atoms with van der Waals surface area (Å²) in [5.41, 5.74) is 2.76. The quantitative estimate of drug-likeness (QED) is 0.529. The number of nitrogens with one attached hydrogen (secondary N) is 1. The van der Waals surface area contributed by atoms with Crippen molar-refractivity contribution in [2.24, 2.45) is 0 Å². The summed E-state index contributed by atoms with van der Waals surface area (Å²) in [6, 6.07) is 5.49. The van der Waals surface area contributed by atoms with E-state index in [1.165, 1.54) is 19.9 Å². The third-order valence-electron chi connectivity index (χ3n) is 4.32. The molecule has 24 heavy (non-hydrogen) atoms. The SMILES string of the molecule is C=CCc1c(F)c(C(=O)Nc2cccc(C)c2C)c(C)[n+]([O-])c1C. The van der Waals surface area contributed by atoms with Crippen LogP contribution in [0.2, 0.25) is 0 Å². The molecule has 1 amide bonds. The Balaban J connectivity index is 2.53. The van der Waals surface area contributed by atoms with Gasteiger partial charge in [-0.1, -0.05) is 18.2 Å². The average molecular weight is 328 g/mol. The average Bonchev–Trinajstić information content (AvgIpc) is 2.54. The molecule has 0 saturated heterocycles. The topological polar surface area (TPSA) is 56.0 Å².